The van der Waals surface area contributed by atoms with Crippen LogP contribution in [0.1, 0.15) is 30.0 Å². The van der Waals surface area contributed by atoms with Crippen LogP contribution in [0.5, 0.6) is 0 Å². The van der Waals surface area contributed by atoms with Crippen LogP contribution in [0.2, 0.25) is 0 Å². The molecule has 0 saturated carbocycles. The third-order valence-corrected chi connectivity index (χ3v) is 3.05. The zero-order chi connectivity index (χ0) is 11.4. The molecule has 15 heavy (non-hydrogen) atoms. The zero-order valence-electron chi connectivity index (χ0n) is 9.21. The smallest absolute Gasteiger partial charge is 0.287 e. The quantitative estimate of drug-likeness (QED) is 0.858. The van der Waals surface area contributed by atoms with Crippen molar-refractivity contribution >= 4 is 21.8 Å². The third-order valence-electron chi connectivity index (χ3n) is 2.36. The number of carbonyl (C=O) groups excluding carboxylic acids is 1. The van der Waals surface area contributed by atoms with Gasteiger partial charge in [0.05, 0.1) is 6.26 Å². The summed E-state index contributed by atoms with van der Waals surface area (Å²) in [5.74, 6) is 0.654. The van der Waals surface area contributed by atoms with Crippen LogP contribution < -0.4 is 5.32 Å². The van der Waals surface area contributed by atoms with E-state index >= 15 is 0 Å². The molecule has 1 aromatic rings. The molecule has 1 N–H and O–H groups in total. The van der Waals surface area contributed by atoms with Crippen LogP contribution in [-0.4, -0.2) is 17.3 Å². The Morgan fingerprint density at radius 3 is 2.67 bits per heavy atom. The molecule has 0 aromatic carbocycles. The number of alkyl halides is 1. The highest BCUT2D eigenvalue weighted by Gasteiger charge is 2.18. The minimum absolute atomic E-state index is 0.127. The van der Waals surface area contributed by atoms with Crippen LogP contribution in [0.3, 0.4) is 0 Å². The molecule has 0 aliphatic heterocycles. The number of carbonyl (C=O) groups is 1. The van der Waals surface area contributed by atoms with E-state index in [1.165, 1.54) is 6.26 Å². The fraction of sp³-hybridized carbons (Fsp3) is 0.545. The van der Waals surface area contributed by atoms with Crippen LogP contribution in [0.4, 0.5) is 0 Å². The third kappa shape index (κ3) is 3.09. The molecule has 0 radical (unpaired) electrons. The van der Waals surface area contributed by atoms with Crippen molar-refractivity contribution in [3.05, 3.63) is 23.7 Å². The molecule has 1 atom stereocenters. The SMILES string of the molecule is Cc1ccoc1C(=O)NC(CBr)C(C)C. The van der Waals surface area contributed by atoms with E-state index in [1.807, 2.05) is 6.92 Å². The fourth-order valence-electron chi connectivity index (χ4n) is 1.22. The Kier molecular flexibility index (Phi) is 4.39. The van der Waals surface area contributed by atoms with E-state index < -0.39 is 0 Å². The average molecular weight is 274 g/mol. The molecule has 0 aliphatic carbocycles. The second kappa shape index (κ2) is 5.35. The van der Waals surface area contributed by atoms with Crippen LogP contribution >= 0.6 is 15.9 Å². The molecular weight excluding hydrogens is 258 g/mol. The fourth-order valence-corrected chi connectivity index (χ4v) is 2.13. The predicted octanol–water partition coefficient (Wildman–Crippen LogP) is 2.74. The monoisotopic (exact) mass is 273 g/mol. The maximum atomic E-state index is 11.8. The molecule has 4 heteroatoms. The summed E-state index contributed by atoms with van der Waals surface area (Å²) < 4.78 is 5.12. The van der Waals surface area contributed by atoms with Gasteiger partial charge in [-0.25, -0.2) is 0 Å². The highest BCUT2D eigenvalue weighted by Crippen LogP contribution is 2.11. The maximum Gasteiger partial charge on any atom is 0.287 e. The lowest BCUT2D eigenvalue weighted by molar-refractivity contribution is 0.0903. The van der Waals surface area contributed by atoms with Crippen molar-refractivity contribution in [1.29, 1.82) is 0 Å². The Morgan fingerprint density at radius 1 is 1.60 bits per heavy atom. The van der Waals surface area contributed by atoms with Gasteiger partial charge in [-0.1, -0.05) is 29.8 Å². The van der Waals surface area contributed by atoms with Gasteiger partial charge in [-0.2, -0.15) is 0 Å². The van der Waals surface area contributed by atoms with Crippen molar-refractivity contribution in [2.45, 2.75) is 26.8 Å². The van der Waals surface area contributed by atoms with E-state index in [-0.39, 0.29) is 11.9 Å². The molecule has 0 saturated heterocycles. The topological polar surface area (TPSA) is 42.2 Å². The van der Waals surface area contributed by atoms with Crippen molar-refractivity contribution in [1.82, 2.24) is 5.32 Å². The van der Waals surface area contributed by atoms with E-state index in [2.05, 4.69) is 35.1 Å². The van der Waals surface area contributed by atoms with Crippen LogP contribution in [0.15, 0.2) is 16.7 Å². The normalized spacial score (nSPS) is 12.9. The number of nitrogens with one attached hydrogen (secondary N) is 1. The van der Waals surface area contributed by atoms with Gasteiger partial charge in [0.15, 0.2) is 5.76 Å². The zero-order valence-corrected chi connectivity index (χ0v) is 10.8. The van der Waals surface area contributed by atoms with Crippen molar-refractivity contribution in [3.63, 3.8) is 0 Å². The van der Waals surface area contributed by atoms with Crippen molar-refractivity contribution in [3.8, 4) is 0 Å². The summed E-state index contributed by atoms with van der Waals surface area (Å²) in [7, 11) is 0. The van der Waals surface area contributed by atoms with Gasteiger partial charge in [0.2, 0.25) is 0 Å². The Morgan fingerprint density at radius 2 is 2.27 bits per heavy atom. The van der Waals surface area contributed by atoms with Crippen molar-refractivity contribution < 1.29 is 9.21 Å². The van der Waals surface area contributed by atoms with E-state index in [0.717, 1.165) is 10.9 Å². The first-order valence-corrected chi connectivity index (χ1v) is 6.09. The van der Waals surface area contributed by atoms with Gasteiger partial charge >= 0.3 is 0 Å². The summed E-state index contributed by atoms with van der Waals surface area (Å²) in [5.41, 5.74) is 0.865. The number of hydrogen-bond acceptors (Lipinski definition) is 2. The highest BCUT2D eigenvalue weighted by molar-refractivity contribution is 9.09. The van der Waals surface area contributed by atoms with Crippen LogP contribution in [0, 0.1) is 12.8 Å². The Balaban J connectivity index is 2.67. The molecule has 0 spiro atoms. The minimum Gasteiger partial charge on any atom is -0.459 e. The predicted molar refractivity (Wildman–Crippen MR) is 63.3 cm³/mol. The number of amides is 1. The first-order chi connectivity index (χ1) is 7.06. The molecule has 1 unspecified atom stereocenters. The molecular formula is C11H16BrNO2. The molecule has 1 amide bonds. The van der Waals surface area contributed by atoms with Gasteiger partial charge in [-0.15, -0.1) is 0 Å². The minimum atomic E-state index is -0.143. The highest BCUT2D eigenvalue weighted by atomic mass is 79.9. The summed E-state index contributed by atoms with van der Waals surface area (Å²) in [6.45, 7) is 6.00. The van der Waals surface area contributed by atoms with Gasteiger partial charge in [0.25, 0.3) is 5.91 Å². The van der Waals surface area contributed by atoms with E-state index in [0.29, 0.717) is 11.7 Å². The second-order valence-corrected chi connectivity index (χ2v) is 4.56. The molecule has 3 nitrogen and oxygen atoms in total. The molecule has 0 bridgehead atoms. The van der Waals surface area contributed by atoms with Gasteiger partial charge in [-0.05, 0) is 18.9 Å². The molecule has 0 aliphatic rings. The molecule has 0 fully saturated rings. The second-order valence-electron chi connectivity index (χ2n) is 3.91. The first-order valence-electron chi connectivity index (χ1n) is 4.97. The summed E-state index contributed by atoms with van der Waals surface area (Å²) in [6, 6.07) is 1.91. The van der Waals surface area contributed by atoms with Crippen LogP contribution in [0.25, 0.3) is 0 Å². The molecule has 1 heterocycles. The Hall–Kier alpha value is -0.770. The van der Waals surface area contributed by atoms with Gasteiger partial charge in [-0.3, -0.25) is 4.79 Å². The van der Waals surface area contributed by atoms with Gasteiger partial charge in [0.1, 0.15) is 0 Å². The Labute approximate surface area is 98.4 Å². The number of halogens is 1. The summed E-state index contributed by atoms with van der Waals surface area (Å²) in [4.78, 5) is 11.8. The lowest BCUT2D eigenvalue weighted by Gasteiger charge is -2.19. The lowest BCUT2D eigenvalue weighted by Crippen LogP contribution is -2.39. The number of aryl methyl sites for hydroxylation is 1. The maximum absolute atomic E-state index is 11.8. The summed E-state index contributed by atoms with van der Waals surface area (Å²) >= 11 is 3.38. The largest absolute Gasteiger partial charge is 0.459 e. The Bertz CT molecular complexity index is 333. The summed E-state index contributed by atoms with van der Waals surface area (Å²) in [6.07, 6.45) is 1.53. The van der Waals surface area contributed by atoms with E-state index in [1.54, 1.807) is 6.07 Å². The number of furan rings is 1. The first kappa shape index (κ1) is 12.3. The molecule has 1 aromatic heterocycles. The standard InChI is InChI=1S/C11H16BrNO2/c1-7(2)9(6-12)13-11(14)10-8(3)4-5-15-10/h4-5,7,9H,6H2,1-3H3,(H,13,14). The van der Waals surface area contributed by atoms with Gasteiger partial charge < -0.3 is 9.73 Å². The molecule has 1 rings (SSSR count). The lowest BCUT2D eigenvalue weighted by atomic mass is 10.1. The van der Waals surface area contributed by atoms with Crippen LogP contribution in [-0.2, 0) is 0 Å². The van der Waals surface area contributed by atoms with Crippen molar-refractivity contribution in [2.75, 3.05) is 5.33 Å². The van der Waals surface area contributed by atoms with E-state index in [9.17, 15) is 4.79 Å². The van der Waals surface area contributed by atoms with Gasteiger partial charge in [0, 0.05) is 16.9 Å². The van der Waals surface area contributed by atoms with Crippen molar-refractivity contribution in [2.24, 2.45) is 5.92 Å². The summed E-state index contributed by atoms with van der Waals surface area (Å²) in [5, 5.41) is 3.68. The van der Waals surface area contributed by atoms with E-state index in [4.69, 9.17) is 4.42 Å². The number of hydrogen-bond donors (Lipinski definition) is 1. The average Bonchev–Trinajstić information content (AvgIpc) is 2.60. The molecule has 84 valence electrons. The number of rotatable bonds is 4.